The second kappa shape index (κ2) is 18.4. The fourth-order valence-corrected chi connectivity index (χ4v) is 10.4. The van der Waals surface area contributed by atoms with Crippen LogP contribution < -0.4 is 44.4 Å². The van der Waals surface area contributed by atoms with Crippen LogP contribution in [0.1, 0.15) is 19.3 Å². The first-order valence-electron chi connectivity index (χ1n) is 22.4. The Morgan fingerprint density at radius 3 is 2.54 bits per heavy atom. The monoisotopic (exact) mass is 1010 g/mol. The number of sulfonamides is 1. The van der Waals surface area contributed by atoms with Gasteiger partial charge in [-0.05, 0) is 65.0 Å². The topological polar surface area (TPSA) is 208 Å². The number of aryl methyl sites for hydroxylation is 1. The Labute approximate surface area is 401 Å². The number of halogens is 1. The number of benzene rings is 3. The molecule has 4 aliphatic heterocycles. The molecule has 0 radical (unpaired) electrons. The van der Waals surface area contributed by atoms with Gasteiger partial charge >= 0.3 is 6.03 Å². The van der Waals surface area contributed by atoms with E-state index in [-0.39, 0.29) is 24.3 Å². The standard InChI is InChI=1S/C46H51BrN14O6S/c1-56-25-29(22-51-56)32-20-36(53-45-50-23-33(47)44(55-45)52-35-7-6-34-42(49-13-12-48-34)43(35)57(2)68(4,64)65)39(66-3)21-38(32)59-14-9-28(10-15-59)24-58-17-18-60-31(26-58)27-67-40-19-30(5-8-37(40)60)61-16-11-41(62)54-46(61)63/h5-8,12-13,19-23,25,28,31H,9-11,14-18,24,26-27H2,1-4H3,(H,54,62,63)(H2,50,52,53,55)/t31-/m0/s1. The van der Waals surface area contributed by atoms with Crippen molar-refractivity contribution in [3.05, 3.63) is 77.9 Å². The lowest BCUT2D eigenvalue weighted by Gasteiger charge is -2.47. The average Bonchev–Trinajstić information content (AvgIpc) is 3.77. The molecule has 3 amide bonds. The third kappa shape index (κ3) is 9.01. The van der Waals surface area contributed by atoms with Gasteiger partial charge < -0.3 is 29.9 Å². The summed E-state index contributed by atoms with van der Waals surface area (Å²) in [4.78, 5) is 51.4. The number of nitrogens with one attached hydrogen (secondary N) is 3. The van der Waals surface area contributed by atoms with Gasteiger partial charge in [-0.2, -0.15) is 10.1 Å². The van der Waals surface area contributed by atoms with Crippen molar-refractivity contribution in [2.45, 2.75) is 25.3 Å². The summed E-state index contributed by atoms with van der Waals surface area (Å²) >= 11 is 3.57. The van der Waals surface area contributed by atoms with Crippen LogP contribution >= 0.6 is 15.9 Å². The Morgan fingerprint density at radius 1 is 0.956 bits per heavy atom. The number of rotatable bonds is 12. The highest BCUT2D eigenvalue weighted by molar-refractivity contribution is 9.10. The van der Waals surface area contributed by atoms with Gasteiger partial charge in [0.2, 0.25) is 21.9 Å². The SMILES string of the molecule is COc1cc(N2CCC(CN3CCN4c5ccc(N6CCC(=O)NC6=O)cc5OC[C@@H]4C3)CC2)c(-c2cnn(C)c2)cc1Nc1ncc(Br)c(Nc2ccc3nccnc3c2N(C)S(C)(=O)=O)n1. The summed E-state index contributed by atoms with van der Waals surface area (Å²) in [6.07, 6.45) is 12.0. The second-order valence-corrected chi connectivity index (χ2v) is 20.4. The number of hydrogen-bond donors (Lipinski definition) is 3. The van der Waals surface area contributed by atoms with Crippen LogP contribution in [-0.4, -0.2) is 134 Å². The van der Waals surface area contributed by atoms with E-state index >= 15 is 0 Å². The van der Waals surface area contributed by atoms with E-state index < -0.39 is 16.1 Å². The Bertz CT molecular complexity index is 3040. The van der Waals surface area contributed by atoms with E-state index in [4.69, 9.17) is 14.5 Å². The highest BCUT2D eigenvalue weighted by Gasteiger charge is 2.35. The number of imide groups is 1. The molecule has 7 heterocycles. The van der Waals surface area contributed by atoms with Gasteiger partial charge in [0.15, 0.2) is 0 Å². The zero-order valence-corrected chi connectivity index (χ0v) is 40.4. The summed E-state index contributed by atoms with van der Waals surface area (Å²) in [7, 11) is 1.35. The number of amides is 3. The lowest BCUT2D eigenvalue weighted by Crippen LogP contribution is -2.58. The first-order valence-corrected chi connectivity index (χ1v) is 25.0. The van der Waals surface area contributed by atoms with E-state index in [1.54, 1.807) is 41.2 Å². The molecule has 3 aromatic heterocycles. The molecule has 0 bridgehead atoms. The maximum absolute atomic E-state index is 12.8. The fourth-order valence-electron chi connectivity index (χ4n) is 9.55. The van der Waals surface area contributed by atoms with Crippen molar-refractivity contribution in [3.63, 3.8) is 0 Å². The minimum atomic E-state index is -3.67. The molecule has 3 N–H and O–H groups in total. The van der Waals surface area contributed by atoms with Gasteiger partial charge in [-0.25, -0.2) is 18.2 Å². The van der Waals surface area contributed by atoms with Gasteiger partial charge in [0.25, 0.3) is 0 Å². The van der Waals surface area contributed by atoms with Crippen molar-refractivity contribution in [2.75, 3.05) is 102 Å². The number of carbonyl (C=O) groups excluding carboxylic acids is 2. The molecular weight excluding hydrogens is 957 g/mol. The van der Waals surface area contributed by atoms with E-state index in [0.717, 1.165) is 92.3 Å². The maximum Gasteiger partial charge on any atom is 0.328 e. The summed E-state index contributed by atoms with van der Waals surface area (Å²) in [5.41, 5.74) is 7.14. The Kier molecular flexibility index (Phi) is 12.2. The fraction of sp³-hybridized carbons (Fsp3) is 0.370. The van der Waals surface area contributed by atoms with E-state index in [2.05, 4.69) is 72.7 Å². The van der Waals surface area contributed by atoms with Gasteiger partial charge in [-0.1, -0.05) is 0 Å². The van der Waals surface area contributed by atoms with E-state index in [1.807, 2.05) is 43.7 Å². The summed E-state index contributed by atoms with van der Waals surface area (Å²) in [6, 6.07) is 13.4. The number of fused-ring (bicyclic) bond motifs is 4. The van der Waals surface area contributed by atoms with Gasteiger partial charge in [-0.3, -0.25) is 38.9 Å². The number of ether oxygens (including phenoxy) is 2. The van der Waals surface area contributed by atoms with Crippen molar-refractivity contribution in [3.8, 4) is 22.6 Å². The number of aromatic nitrogens is 6. The number of methoxy groups -OCH3 is 1. The molecule has 3 saturated heterocycles. The number of piperazine rings is 1. The van der Waals surface area contributed by atoms with Crippen molar-refractivity contribution >= 4 is 94.8 Å². The van der Waals surface area contributed by atoms with Crippen LogP contribution in [0.25, 0.3) is 22.2 Å². The van der Waals surface area contributed by atoms with Gasteiger partial charge in [-0.15, -0.1) is 0 Å². The minimum absolute atomic E-state index is 0.229. The number of anilines is 8. The highest BCUT2D eigenvalue weighted by Crippen LogP contribution is 2.43. The van der Waals surface area contributed by atoms with Gasteiger partial charge in [0.05, 0.1) is 52.7 Å². The predicted molar refractivity (Wildman–Crippen MR) is 264 cm³/mol. The molecule has 4 aliphatic rings. The van der Waals surface area contributed by atoms with Crippen molar-refractivity contribution < 1.29 is 27.5 Å². The van der Waals surface area contributed by atoms with E-state index in [1.165, 1.54) is 17.5 Å². The molecule has 3 fully saturated rings. The summed E-state index contributed by atoms with van der Waals surface area (Å²) in [6.45, 7) is 6.44. The number of piperidine rings is 1. The number of urea groups is 1. The van der Waals surface area contributed by atoms with E-state index in [0.29, 0.717) is 63.2 Å². The zero-order chi connectivity index (χ0) is 47.3. The second-order valence-electron chi connectivity index (χ2n) is 17.5. The quantitative estimate of drug-likeness (QED) is 0.134. The largest absolute Gasteiger partial charge is 0.494 e. The van der Waals surface area contributed by atoms with Crippen molar-refractivity contribution in [1.82, 2.24) is 39.9 Å². The Morgan fingerprint density at radius 2 is 1.78 bits per heavy atom. The molecule has 0 aliphatic carbocycles. The zero-order valence-electron chi connectivity index (χ0n) is 38.0. The average molecular weight is 1010 g/mol. The molecular formula is C46H51BrN14O6S. The minimum Gasteiger partial charge on any atom is -0.494 e. The van der Waals surface area contributed by atoms with Crippen LogP contribution in [0.15, 0.2) is 77.9 Å². The molecule has 6 aromatic rings. The highest BCUT2D eigenvalue weighted by atomic mass is 79.9. The lowest BCUT2D eigenvalue weighted by atomic mass is 9.94. The van der Waals surface area contributed by atoms with Crippen LogP contribution in [0.5, 0.6) is 11.5 Å². The molecule has 10 rings (SSSR count). The molecule has 22 heteroatoms. The van der Waals surface area contributed by atoms with Crippen LogP contribution in [0.3, 0.4) is 0 Å². The molecule has 1 atom stereocenters. The van der Waals surface area contributed by atoms with E-state index in [9.17, 15) is 18.0 Å². The molecule has 0 saturated carbocycles. The maximum atomic E-state index is 12.8. The van der Waals surface area contributed by atoms with Gasteiger partial charge in [0.1, 0.15) is 35.1 Å². The third-order valence-corrected chi connectivity index (χ3v) is 14.8. The molecule has 0 unspecified atom stereocenters. The van der Waals surface area contributed by atoms with Crippen LogP contribution in [0.2, 0.25) is 0 Å². The Hall–Kier alpha value is -6.78. The predicted octanol–water partition coefficient (Wildman–Crippen LogP) is 5.72. The summed E-state index contributed by atoms with van der Waals surface area (Å²) in [5.74, 6) is 2.33. The van der Waals surface area contributed by atoms with Crippen LogP contribution in [0, 0.1) is 5.92 Å². The lowest BCUT2D eigenvalue weighted by molar-refractivity contribution is -0.120. The molecule has 354 valence electrons. The summed E-state index contributed by atoms with van der Waals surface area (Å²) in [5, 5.41) is 13.6. The third-order valence-electron chi connectivity index (χ3n) is 13.1. The normalized spacial score (nSPS) is 17.9. The molecule has 3 aromatic carbocycles. The van der Waals surface area contributed by atoms with Crippen molar-refractivity contribution in [2.24, 2.45) is 13.0 Å². The van der Waals surface area contributed by atoms with Gasteiger partial charge in [0, 0.05) is 126 Å². The first-order chi connectivity index (χ1) is 32.8. The Balaban J connectivity index is 0.828. The van der Waals surface area contributed by atoms with Crippen molar-refractivity contribution in [1.29, 1.82) is 0 Å². The molecule has 68 heavy (non-hydrogen) atoms. The molecule has 20 nitrogen and oxygen atoms in total. The number of nitrogens with zero attached hydrogens (tertiary/aromatic N) is 11. The summed E-state index contributed by atoms with van der Waals surface area (Å²) < 4.78 is 41.4. The number of hydrogen-bond acceptors (Lipinski definition) is 16. The smallest absolute Gasteiger partial charge is 0.328 e. The number of carbonyl (C=O) groups is 2. The first kappa shape index (κ1) is 45.0. The van der Waals surface area contributed by atoms with Crippen LogP contribution in [0.4, 0.5) is 50.7 Å². The van der Waals surface area contributed by atoms with Crippen LogP contribution in [-0.2, 0) is 21.9 Å². The molecule has 0 spiro atoms.